The molecule has 2 aromatic carbocycles. The largest absolute Gasteiger partial charge is 0.384 e. The van der Waals surface area contributed by atoms with E-state index in [1.807, 2.05) is 90.0 Å². The number of aromatic nitrogens is 10. The molecule has 7 amide bonds. The number of fused-ring (bicyclic) bond motifs is 2. The van der Waals surface area contributed by atoms with Crippen LogP contribution in [0.2, 0.25) is 20.7 Å². The van der Waals surface area contributed by atoms with Crippen molar-refractivity contribution >= 4 is 157 Å². The summed E-state index contributed by atoms with van der Waals surface area (Å²) in [6.45, 7) is 37.2. The van der Waals surface area contributed by atoms with Gasteiger partial charge in [0.2, 0.25) is 52.0 Å². The first-order valence-corrected chi connectivity index (χ1v) is 36.3. The van der Waals surface area contributed by atoms with Crippen molar-refractivity contribution in [3.63, 3.8) is 0 Å². The molecule has 0 saturated heterocycles. The van der Waals surface area contributed by atoms with Gasteiger partial charge in [-0.05, 0) is 107 Å². The summed E-state index contributed by atoms with van der Waals surface area (Å²) in [6.07, 6.45) is 4.26. The van der Waals surface area contributed by atoms with Crippen molar-refractivity contribution in [2.24, 2.45) is 27.4 Å². The zero-order valence-electron chi connectivity index (χ0n) is 63.8. The lowest BCUT2D eigenvalue weighted by Gasteiger charge is -2.18. The van der Waals surface area contributed by atoms with Crippen LogP contribution >= 0.6 is 58.0 Å². The van der Waals surface area contributed by atoms with Crippen molar-refractivity contribution in [3.05, 3.63) is 146 Å². The Hall–Kier alpha value is -9.85. The number of imide groups is 2. The molecule has 0 atom stereocenters. The summed E-state index contributed by atoms with van der Waals surface area (Å²) in [4.78, 5) is 138. The van der Waals surface area contributed by atoms with Crippen LogP contribution in [0.25, 0.3) is 0 Å². The summed E-state index contributed by atoms with van der Waals surface area (Å²) >= 11 is 27.4. The molecule has 0 radical (unpaired) electrons. The fraction of sp³-hybridized carbons (Fsp3) is 0.432. The van der Waals surface area contributed by atoms with Gasteiger partial charge in [-0.1, -0.05) is 156 Å². The average Bonchev–Trinajstić information content (AvgIpc) is 1.65. The first-order valence-electron chi connectivity index (χ1n) is 34.4. The van der Waals surface area contributed by atoms with E-state index in [2.05, 4.69) is 93.6 Å². The maximum Gasteiger partial charge on any atom is 0.261 e. The number of carbonyl (C=O) groups is 8. The highest BCUT2D eigenvalue weighted by atomic mass is 35.5. The first kappa shape index (κ1) is 95.2. The van der Waals surface area contributed by atoms with Gasteiger partial charge >= 0.3 is 0 Å². The number of hydrogen-bond acceptors (Lipinski definition) is 25. The summed E-state index contributed by atoms with van der Waals surface area (Å²) in [5.74, 6) is 2.55. The van der Waals surface area contributed by atoms with Gasteiger partial charge in [-0.3, -0.25) is 48.2 Å². The minimum atomic E-state index is -0.547. The van der Waals surface area contributed by atoms with Gasteiger partial charge < -0.3 is 54.4 Å². The second-order valence-electron chi connectivity index (χ2n) is 27.5. The van der Waals surface area contributed by atoms with Gasteiger partial charge in [0.25, 0.3) is 23.6 Å². The fourth-order valence-corrected chi connectivity index (χ4v) is 9.04. The Balaban J connectivity index is 0.000000452. The van der Waals surface area contributed by atoms with Crippen molar-refractivity contribution in [1.29, 1.82) is 0 Å². The van der Waals surface area contributed by atoms with Crippen molar-refractivity contribution in [2.75, 3.05) is 94.5 Å². The number of halogens is 5. The maximum absolute atomic E-state index is 12.5. The Kier molecular flexibility index (Phi) is 39.5. The molecule has 0 saturated carbocycles. The number of rotatable bonds is 20. The monoisotopic (exact) mass is 1600 g/mol. The van der Waals surface area contributed by atoms with Crippen molar-refractivity contribution < 1.29 is 38.4 Å². The predicted octanol–water partition coefficient (Wildman–Crippen LogP) is 13.9. The van der Waals surface area contributed by atoms with Crippen LogP contribution < -0.4 is 54.4 Å². The average molecular weight is 1610 g/mol. The smallest absolute Gasteiger partial charge is 0.261 e. The SMILES string of the molecule is C.C=CCN1C(=O)c2ccccc2C1=O.CC(C)(C)C(=O)Cl.CCNc1nc(CCCN)cc(NC(=O)C(C)(C)C)n1.CCNc1nc(CCCN2C(=O)c3ccccc3C2=O)cc(NC(=O)C(C)(C)C)n1.CCNc1nc(Cl)cc(NC(=O)C(C)(C)C)n1.CCNc1nc(N)cc(Cl)n1.Nc1cc(Cl)nc(Cl)n1. The highest BCUT2D eigenvalue weighted by Crippen LogP contribution is 2.27. The van der Waals surface area contributed by atoms with Gasteiger partial charge in [-0.2, -0.15) is 19.9 Å². The van der Waals surface area contributed by atoms with Crippen LogP contribution in [0.4, 0.5) is 52.9 Å². The predicted molar refractivity (Wildman–Crippen MR) is 436 cm³/mol. The Morgan fingerprint density at radius 2 is 0.761 bits per heavy atom. The van der Waals surface area contributed by atoms with Crippen LogP contribution in [0.3, 0.4) is 0 Å². The number of benzene rings is 2. The molecule has 35 heteroatoms. The quantitative estimate of drug-likeness (QED) is 0.0111. The number of nitrogens with zero attached hydrogens (tertiary/aromatic N) is 12. The molecule has 0 bridgehead atoms. The number of nitrogen functional groups attached to an aromatic ring is 2. The van der Waals surface area contributed by atoms with E-state index in [9.17, 15) is 38.4 Å². The molecule has 7 aromatic rings. The number of anilines is 9. The molecule has 109 heavy (non-hydrogen) atoms. The second-order valence-corrected chi connectivity index (χ2v) is 29.3. The Labute approximate surface area is 663 Å². The minimum Gasteiger partial charge on any atom is -0.384 e. The Morgan fingerprint density at radius 1 is 0.450 bits per heavy atom. The zero-order valence-corrected chi connectivity index (χ0v) is 67.6. The summed E-state index contributed by atoms with van der Waals surface area (Å²) in [7, 11) is 0. The highest BCUT2D eigenvalue weighted by molar-refractivity contribution is 6.64. The summed E-state index contributed by atoms with van der Waals surface area (Å²) in [5.41, 5.74) is 17.8. The molecule has 0 fully saturated rings. The number of aryl methyl sites for hydroxylation is 2. The van der Waals surface area contributed by atoms with Crippen molar-refractivity contribution in [1.82, 2.24) is 59.6 Å². The van der Waals surface area contributed by atoms with Crippen LogP contribution in [0.1, 0.15) is 184 Å². The van der Waals surface area contributed by atoms with Gasteiger partial charge in [-0.25, -0.2) is 29.9 Å². The lowest BCUT2D eigenvalue weighted by Crippen LogP contribution is -2.31. The van der Waals surface area contributed by atoms with Gasteiger partial charge in [0.15, 0.2) is 0 Å². The third-order valence-electron chi connectivity index (χ3n) is 13.9. The van der Waals surface area contributed by atoms with E-state index in [-0.39, 0.29) is 82.2 Å². The van der Waals surface area contributed by atoms with Gasteiger partial charge in [-0.15, -0.1) is 6.58 Å². The number of hydrogen-bond donors (Lipinski definition) is 10. The minimum absolute atomic E-state index is 0. The van der Waals surface area contributed by atoms with E-state index in [0.717, 1.165) is 37.3 Å². The van der Waals surface area contributed by atoms with Gasteiger partial charge in [0, 0.05) is 103 Å². The van der Waals surface area contributed by atoms with Crippen LogP contribution in [-0.4, -0.2) is 152 Å². The molecule has 5 aromatic heterocycles. The molecule has 0 aliphatic carbocycles. The first-order chi connectivity index (χ1) is 50.5. The number of nitrogens with two attached hydrogens (primary N) is 3. The zero-order chi connectivity index (χ0) is 81.4. The molecule has 13 N–H and O–H groups in total. The summed E-state index contributed by atoms with van der Waals surface area (Å²) in [6, 6.07) is 21.7. The van der Waals surface area contributed by atoms with Crippen LogP contribution in [-0.2, 0) is 32.0 Å². The molecule has 9 rings (SSSR count). The van der Waals surface area contributed by atoms with E-state index in [1.54, 1.807) is 87.5 Å². The van der Waals surface area contributed by atoms with Crippen LogP contribution in [0.15, 0.2) is 91.5 Å². The highest BCUT2D eigenvalue weighted by Gasteiger charge is 2.36. The number of amides is 7. The third kappa shape index (κ3) is 33.3. The molecule has 592 valence electrons. The van der Waals surface area contributed by atoms with E-state index >= 15 is 0 Å². The van der Waals surface area contributed by atoms with Crippen LogP contribution in [0, 0.1) is 21.7 Å². The Morgan fingerprint density at radius 3 is 1.07 bits per heavy atom. The fourth-order valence-electron chi connectivity index (χ4n) is 8.24. The van der Waals surface area contributed by atoms with E-state index < -0.39 is 16.2 Å². The Bertz CT molecular complexity index is 4100. The third-order valence-corrected chi connectivity index (χ3v) is 15.2. The van der Waals surface area contributed by atoms with Gasteiger partial charge in [0.1, 0.15) is 44.5 Å². The lowest BCUT2D eigenvalue weighted by molar-refractivity contribution is -0.123. The molecular weight excluding hydrogens is 1500 g/mol. The van der Waals surface area contributed by atoms with Crippen molar-refractivity contribution in [3.8, 4) is 0 Å². The standard InChI is InChI=1S/C22H27N5O3.C14H25N5O.C11H17ClN4O.C11H9NO2.C6H9ClN4.C5H9ClO.C4H3Cl2N3.CH4/c1-5-23-21-24-14(13-17(26-21)25-20(30)22(2,3)4)9-8-12-27-18(28)15-10-6-7-11-16(15)19(27)29;1-5-16-13-17-10(7-6-8-15)9-11(19-13)18-12(20)14(2,3)4;1-5-13-10-14-7(12)6-8(16-10)15-9(17)11(2,3)4;1-2-7-12-10(13)8-5-3-4-6-9(8)11(12)14;1-2-9-6-10-4(7)3-5(8)11-6;1-5(2,3)4(6)7;5-2-1-3(7)9-4(6)8-2;/h6-7,10-11,13H,5,8-9,12H2,1-4H3,(H2,23,24,25,26,30);9H,5-8,15H2,1-4H3,(H2,16,17,18,19,20);6H,5H2,1-4H3,(H2,13,14,15,16,17);2-6H,1,7H2;3H,2H2,1H3,(H3,8,9,10,11);1-3H3;1H,(H2,7,8,9);1H4. The molecule has 7 heterocycles. The molecular formula is C74H103Cl5N22O8. The maximum atomic E-state index is 12.5. The molecule has 0 spiro atoms. The van der Waals surface area contributed by atoms with Crippen molar-refractivity contribution in [2.45, 2.75) is 144 Å². The normalized spacial score (nSPS) is 11.8. The van der Waals surface area contributed by atoms with E-state index in [4.69, 9.17) is 75.2 Å². The molecule has 30 nitrogen and oxygen atoms in total. The van der Waals surface area contributed by atoms with Crippen LogP contribution in [0.5, 0.6) is 0 Å². The molecule has 2 aliphatic rings. The summed E-state index contributed by atoms with van der Waals surface area (Å²) < 4.78 is 0. The van der Waals surface area contributed by atoms with Gasteiger partial charge in [0.05, 0.1) is 22.3 Å². The topological polar surface area (TPSA) is 434 Å². The van der Waals surface area contributed by atoms with E-state index in [0.29, 0.717) is 119 Å². The summed E-state index contributed by atoms with van der Waals surface area (Å²) in [5, 5.41) is 21.0. The molecule has 0 unspecified atom stereocenters. The lowest BCUT2D eigenvalue weighted by atomic mass is 9.96. The van der Waals surface area contributed by atoms with E-state index in [1.165, 1.54) is 28.0 Å². The number of nitrogens with one attached hydrogen (secondary N) is 7. The number of carbonyl (C=O) groups excluding carboxylic acids is 8. The second kappa shape index (κ2) is 45.2. The molecule has 2 aliphatic heterocycles.